The Kier molecular flexibility index (Phi) is 3.37. The van der Waals surface area contributed by atoms with E-state index in [0.717, 1.165) is 12.1 Å². The molecule has 4 heteroatoms. The van der Waals surface area contributed by atoms with Crippen LogP contribution in [-0.4, -0.2) is 14.6 Å². The Morgan fingerprint density at radius 1 is 1.15 bits per heavy atom. The standard InChI is InChI=1S/C16H18N4/c1-3-14(13-7-5-4-6-8-13)17-16-18-15-10-9-12(2)11-20(15)19-16/h4-11,14H,3H2,1-2H3,(H,17,19). The highest BCUT2D eigenvalue weighted by Crippen LogP contribution is 2.20. The van der Waals surface area contributed by atoms with Gasteiger partial charge in [0.25, 0.3) is 0 Å². The molecule has 0 saturated heterocycles. The lowest BCUT2D eigenvalue weighted by Crippen LogP contribution is -2.10. The molecule has 2 aromatic heterocycles. The minimum absolute atomic E-state index is 0.231. The highest BCUT2D eigenvalue weighted by Gasteiger charge is 2.11. The Morgan fingerprint density at radius 2 is 1.95 bits per heavy atom. The largest absolute Gasteiger partial charge is 0.346 e. The summed E-state index contributed by atoms with van der Waals surface area (Å²) >= 11 is 0. The van der Waals surface area contributed by atoms with Crippen LogP contribution in [-0.2, 0) is 0 Å². The van der Waals surface area contributed by atoms with E-state index in [2.05, 4.69) is 46.6 Å². The third kappa shape index (κ3) is 2.50. The molecule has 0 saturated carbocycles. The van der Waals surface area contributed by atoms with Gasteiger partial charge < -0.3 is 5.32 Å². The van der Waals surface area contributed by atoms with Crippen molar-refractivity contribution in [2.24, 2.45) is 0 Å². The minimum atomic E-state index is 0.231. The van der Waals surface area contributed by atoms with Gasteiger partial charge in [0.05, 0.1) is 6.04 Å². The van der Waals surface area contributed by atoms with E-state index in [4.69, 9.17) is 0 Å². The van der Waals surface area contributed by atoms with Crippen LogP contribution in [0.4, 0.5) is 5.95 Å². The van der Waals surface area contributed by atoms with Crippen LogP contribution in [0.5, 0.6) is 0 Å². The quantitative estimate of drug-likeness (QED) is 0.784. The third-order valence-corrected chi connectivity index (χ3v) is 3.39. The van der Waals surface area contributed by atoms with Crippen LogP contribution in [0.25, 0.3) is 5.65 Å². The SMILES string of the molecule is CCC(Nc1nc2ccc(C)cn2n1)c1ccccc1. The minimum Gasteiger partial charge on any atom is -0.346 e. The number of benzene rings is 1. The molecule has 0 fully saturated rings. The Hall–Kier alpha value is -2.36. The molecule has 0 radical (unpaired) electrons. The van der Waals surface area contributed by atoms with Crippen molar-refractivity contribution in [1.82, 2.24) is 14.6 Å². The number of hydrogen-bond donors (Lipinski definition) is 1. The Labute approximate surface area is 118 Å². The first-order valence-electron chi connectivity index (χ1n) is 6.91. The fourth-order valence-corrected chi connectivity index (χ4v) is 2.31. The molecule has 0 aliphatic carbocycles. The second-order valence-corrected chi connectivity index (χ2v) is 4.96. The van der Waals surface area contributed by atoms with Gasteiger partial charge >= 0.3 is 0 Å². The van der Waals surface area contributed by atoms with Gasteiger partial charge in [-0.25, -0.2) is 4.52 Å². The number of anilines is 1. The second kappa shape index (κ2) is 5.33. The van der Waals surface area contributed by atoms with E-state index in [1.54, 1.807) is 0 Å². The van der Waals surface area contributed by atoms with Crippen LogP contribution in [0.2, 0.25) is 0 Å². The number of aromatic nitrogens is 3. The van der Waals surface area contributed by atoms with Gasteiger partial charge in [0, 0.05) is 6.20 Å². The lowest BCUT2D eigenvalue weighted by molar-refractivity contribution is 0.737. The molecule has 1 aromatic carbocycles. The molecule has 3 aromatic rings. The number of nitrogens with one attached hydrogen (secondary N) is 1. The molecular formula is C16H18N4. The Balaban J connectivity index is 1.87. The van der Waals surface area contributed by atoms with E-state index in [0.29, 0.717) is 5.95 Å². The highest BCUT2D eigenvalue weighted by molar-refractivity contribution is 5.45. The van der Waals surface area contributed by atoms with Crippen LogP contribution in [0.1, 0.15) is 30.5 Å². The molecule has 0 aliphatic rings. The maximum atomic E-state index is 4.51. The topological polar surface area (TPSA) is 42.2 Å². The maximum Gasteiger partial charge on any atom is 0.243 e. The van der Waals surface area contributed by atoms with Crippen LogP contribution in [0.15, 0.2) is 48.7 Å². The summed E-state index contributed by atoms with van der Waals surface area (Å²) in [5, 5.41) is 7.89. The van der Waals surface area contributed by atoms with E-state index in [1.807, 2.05) is 35.8 Å². The molecule has 0 amide bonds. The summed E-state index contributed by atoms with van der Waals surface area (Å²) in [6.07, 6.45) is 2.97. The fourth-order valence-electron chi connectivity index (χ4n) is 2.31. The molecule has 0 aliphatic heterocycles. The Bertz CT molecular complexity index is 703. The van der Waals surface area contributed by atoms with Crippen LogP contribution in [0, 0.1) is 6.92 Å². The smallest absolute Gasteiger partial charge is 0.243 e. The molecule has 2 heterocycles. The first kappa shape index (κ1) is 12.7. The van der Waals surface area contributed by atoms with Crippen molar-refractivity contribution in [3.05, 3.63) is 59.8 Å². The zero-order valence-corrected chi connectivity index (χ0v) is 11.7. The predicted molar refractivity (Wildman–Crippen MR) is 80.8 cm³/mol. The van der Waals surface area contributed by atoms with Gasteiger partial charge in [-0.3, -0.25) is 0 Å². The van der Waals surface area contributed by atoms with Gasteiger partial charge in [-0.1, -0.05) is 43.3 Å². The molecule has 1 N–H and O–H groups in total. The number of pyridine rings is 1. The van der Waals surface area contributed by atoms with Gasteiger partial charge in [-0.2, -0.15) is 4.98 Å². The van der Waals surface area contributed by atoms with Crippen molar-refractivity contribution in [1.29, 1.82) is 0 Å². The maximum absolute atomic E-state index is 4.51. The molecule has 102 valence electrons. The first-order valence-corrected chi connectivity index (χ1v) is 6.91. The summed E-state index contributed by atoms with van der Waals surface area (Å²) < 4.78 is 1.81. The number of hydrogen-bond acceptors (Lipinski definition) is 3. The normalized spacial score (nSPS) is 12.5. The zero-order valence-electron chi connectivity index (χ0n) is 11.7. The zero-order chi connectivity index (χ0) is 13.9. The average molecular weight is 266 g/mol. The highest BCUT2D eigenvalue weighted by atomic mass is 15.3. The van der Waals surface area contributed by atoms with Crippen molar-refractivity contribution in [2.75, 3.05) is 5.32 Å². The van der Waals surface area contributed by atoms with Gasteiger partial charge in [-0.05, 0) is 30.5 Å². The third-order valence-electron chi connectivity index (χ3n) is 3.39. The van der Waals surface area contributed by atoms with E-state index in [-0.39, 0.29) is 6.04 Å². The molecule has 0 bridgehead atoms. The van der Waals surface area contributed by atoms with Crippen LogP contribution < -0.4 is 5.32 Å². The summed E-state index contributed by atoms with van der Waals surface area (Å²) in [6, 6.07) is 14.7. The van der Waals surface area contributed by atoms with E-state index >= 15 is 0 Å². The van der Waals surface area contributed by atoms with Crippen molar-refractivity contribution in [2.45, 2.75) is 26.3 Å². The average Bonchev–Trinajstić information content (AvgIpc) is 2.87. The van der Waals surface area contributed by atoms with Crippen LogP contribution >= 0.6 is 0 Å². The number of nitrogens with zero attached hydrogens (tertiary/aromatic N) is 3. The summed E-state index contributed by atoms with van der Waals surface area (Å²) in [5.74, 6) is 0.673. The van der Waals surface area contributed by atoms with Crippen molar-refractivity contribution >= 4 is 11.6 Å². The molecular weight excluding hydrogens is 248 g/mol. The van der Waals surface area contributed by atoms with Gasteiger partial charge in [-0.15, -0.1) is 5.10 Å². The summed E-state index contributed by atoms with van der Waals surface area (Å²) in [7, 11) is 0. The van der Waals surface area contributed by atoms with Crippen molar-refractivity contribution in [3.8, 4) is 0 Å². The summed E-state index contributed by atoms with van der Waals surface area (Å²) in [6.45, 7) is 4.21. The lowest BCUT2D eigenvalue weighted by Gasteiger charge is -2.15. The van der Waals surface area contributed by atoms with Gasteiger partial charge in [0.15, 0.2) is 5.65 Å². The van der Waals surface area contributed by atoms with Crippen molar-refractivity contribution < 1.29 is 0 Å². The Morgan fingerprint density at radius 3 is 2.70 bits per heavy atom. The van der Waals surface area contributed by atoms with Crippen molar-refractivity contribution in [3.63, 3.8) is 0 Å². The molecule has 4 nitrogen and oxygen atoms in total. The molecule has 20 heavy (non-hydrogen) atoms. The van der Waals surface area contributed by atoms with Crippen LogP contribution in [0.3, 0.4) is 0 Å². The number of fused-ring (bicyclic) bond motifs is 1. The molecule has 0 spiro atoms. The summed E-state index contributed by atoms with van der Waals surface area (Å²) in [4.78, 5) is 4.51. The number of rotatable bonds is 4. The predicted octanol–water partition coefficient (Wildman–Crippen LogP) is 3.60. The monoisotopic (exact) mass is 266 g/mol. The molecule has 1 unspecified atom stereocenters. The van der Waals surface area contributed by atoms with Gasteiger partial charge in [0.1, 0.15) is 0 Å². The molecule has 3 rings (SSSR count). The fraction of sp³-hybridized carbons (Fsp3) is 0.250. The van der Waals surface area contributed by atoms with E-state index in [1.165, 1.54) is 11.1 Å². The van der Waals surface area contributed by atoms with Gasteiger partial charge in [0.2, 0.25) is 5.95 Å². The lowest BCUT2D eigenvalue weighted by atomic mass is 10.1. The summed E-state index contributed by atoms with van der Waals surface area (Å²) in [5.41, 5.74) is 3.29. The molecule has 1 atom stereocenters. The van der Waals surface area contributed by atoms with E-state index in [9.17, 15) is 0 Å². The second-order valence-electron chi connectivity index (χ2n) is 4.96. The number of aryl methyl sites for hydroxylation is 1. The first-order chi connectivity index (χ1) is 9.76. The van der Waals surface area contributed by atoms with E-state index < -0.39 is 0 Å².